The number of primary amides is 1. The van der Waals surface area contributed by atoms with Gasteiger partial charge in [0, 0.05) is 30.2 Å². The van der Waals surface area contributed by atoms with E-state index in [2.05, 4.69) is 20.9 Å². The van der Waals surface area contributed by atoms with Crippen molar-refractivity contribution < 1.29 is 19.1 Å². The van der Waals surface area contributed by atoms with Gasteiger partial charge in [-0.2, -0.15) is 0 Å². The summed E-state index contributed by atoms with van der Waals surface area (Å²) in [6.07, 6.45) is 1.63. The number of benzene rings is 1. The first-order valence-electron chi connectivity index (χ1n) is 7.56. The molecular formula is C17H18BrN3O4. The Bertz CT molecular complexity index is 745. The van der Waals surface area contributed by atoms with Crippen molar-refractivity contribution in [3.8, 4) is 0 Å². The van der Waals surface area contributed by atoms with Crippen molar-refractivity contribution in [1.29, 1.82) is 0 Å². The van der Waals surface area contributed by atoms with Crippen LogP contribution in [0.3, 0.4) is 0 Å². The SMILES string of the molecule is NC(=O)CCN(Cc1ccccc1)C(=O)COC(=O)c1cc(Br)c[nH]1. The number of aromatic nitrogens is 1. The Morgan fingerprint density at radius 2 is 1.92 bits per heavy atom. The van der Waals surface area contributed by atoms with E-state index in [1.165, 1.54) is 4.90 Å². The molecule has 0 bridgehead atoms. The average molecular weight is 408 g/mol. The minimum atomic E-state index is -0.631. The first-order chi connectivity index (χ1) is 12.0. The zero-order valence-electron chi connectivity index (χ0n) is 13.4. The molecule has 0 fully saturated rings. The van der Waals surface area contributed by atoms with Gasteiger partial charge in [-0.15, -0.1) is 0 Å². The molecule has 0 aliphatic heterocycles. The highest BCUT2D eigenvalue weighted by atomic mass is 79.9. The van der Waals surface area contributed by atoms with Gasteiger partial charge in [-0.05, 0) is 27.6 Å². The highest BCUT2D eigenvalue weighted by molar-refractivity contribution is 9.10. The molecule has 1 aromatic heterocycles. The Morgan fingerprint density at radius 3 is 2.52 bits per heavy atom. The van der Waals surface area contributed by atoms with E-state index in [0.29, 0.717) is 11.0 Å². The van der Waals surface area contributed by atoms with E-state index in [1.54, 1.807) is 12.3 Å². The lowest BCUT2D eigenvalue weighted by Crippen LogP contribution is -2.36. The lowest BCUT2D eigenvalue weighted by Gasteiger charge is -2.22. The first kappa shape index (κ1) is 18.7. The molecule has 3 N–H and O–H groups in total. The third-order valence-corrected chi connectivity index (χ3v) is 3.85. The van der Waals surface area contributed by atoms with E-state index in [1.807, 2.05) is 30.3 Å². The summed E-state index contributed by atoms with van der Waals surface area (Å²) in [7, 11) is 0. The third-order valence-electron chi connectivity index (χ3n) is 3.39. The molecule has 0 atom stereocenters. The van der Waals surface area contributed by atoms with Crippen LogP contribution < -0.4 is 5.73 Å². The van der Waals surface area contributed by atoms with Crippen LogP contribution in [0.1, 0.15) is 22.5 Å². The molecule has 1 heterocycles. The van der Waals surface area contributed by atoms with E-state index < -0.39 is 24.4 Å². The molecule has 0 unspecified atom stereocenters. The zero-order chi connectivity index (χ0) is 18.2. The Kier molecular flexibility index (Phi) is 6.76. The molecule has 0 aliphatic carbocycles. The molecule has 8 heteroatoms. The van der Waals surface area contributed by atoms with Gasteiger partial charge in [0.1, 0.15) is 5.69 Å². The van der Waals surface area contributed by atoms with Crippen molar-refractivity contribution in [2.24, 2.45) is 5.73 Å². The lowest BCUT2D eigenvalue weighted by atomic mass is 10.2. The number of carbonyl (C=O) groups excluding carboxylic acids is 3. The van der Waals surface area contributed by atoms with Crippen LogP contribution in [0, 0.1) is 0 Å². The van der Waals surface area contributed by atoms with Crippen molar-refractivity contribution >= 4 is 33.7 Å². The zero-order valence-corrected chi connectivity index (χ0v) is 15.0. The molecule has 2 amide bonds. The topological polar surface area (TPSA) is 105 Å². The fraction of sp³-hybridized carbons (Fsp3) is 0.235. The second kappa shape index (κ2) is 9.03. The standard InChI is InChI=1S/C17H18BrN3O4/c18-13-8-14(20-9-13)17(24)25-11-16(23)21(7-6-15(19)22)10-12-4-2-1-3-5-12/h1-5,8-9,20H,6-7,10-11H2,(H2,19,22). The Morgan fingerprint density at radius 1 is 1.20 bits per heavy atom. The number of hydrogen-bond donors (Lipinski definition) is 2. The van der Waals surface area contributed by atoms with Crippen molar-refractivity contribution in [1.82, 2.24) is 9.88 Å². The van der Waals surface area contributed by atoms with E-state index in [4.69, 9.17) is 10.5 Å². The Balaban J connectivity index is 1.96. The predicted octanol–water partition coefficient (Wildman–Crippen LogP) is 1.84. The summed E-state index contributed by atoms with van der Waals surface area (Å²) in [4.78, 5) is 39.5. The second-order valence-corrected chi connectivity index (χ2v) is 6.24. The maximum Gasteiger partial charge on any atom is 0.355 e. The summed E-state index contributed by atoms with van der Waals surface area (Å²) in [5.41, 5.74) is 6.31. The summed E-state index contributed by atoms with van der Waals surface area (Å²) in [6, 6.07) is 10.9. The van der Waals surface area contributed by atoms with Gasteiger partial charge in [-0.3, -0.25) is 9.59 Å². The highest BCUT2D eigenvalue weighted by Gasteiger charge is 2.18. The van der Waals surface area contributed by atoms with Gasteiger partial charge in [0.2, 0.25) is 5.91 Å². The lowest BCUT2D eigenvalue weighted by molar-refractivity contribution is -0.135. The number of halogens is 1. The second-order valence-electron chi connectivity index (χ2n) is 5.32. The number of nitrogens with one attached hydrogen (secondary N) is 1. The number of esters is 1. The van der Waals surface area contributed by atoms with Gasteiger partial charge in [0.05, 0.1) is 0 Å². The normalized spacial score (nSPS) is 10.3. The van der Waals surface area contributed by atoms with Crippen LogP contribution in [-0.4, -0.2) is 40.8 Å². The maximum atomic E-state index is 12.4. The number of ether oxygens (including phenoxy) is 1. The number of hydrogen-bond acceptors (Lipinski definition) is 4. The van der Waals surface area contributed by atoms with Gasteiger partial charge in [0.25, 0.3) is 5.91 Å². The minimum Gasteiger partial charge on any atom is -0.451 e. The fourth-order valence-electron chi connectivity index (χ4n) is 2.12. The van der Waals surface area contributed by atoms with E-state index in [0.717, 1.165) is 5.56 Å². The number of carbonyl (C=O) groups is 3. The molecule has 0 spiro atoms. The monoisotopic (exact) mass is 407 g/mol. The number of nitrogens with zero attached hydrogens (tertiary/aromatic N) is 1. The van der Waals surface area contributed by atoms with Crippen molar-refractivity contribution in [3.05, 3.63) is 58.3 Å². The van der Waals surface area contributed by atoms with Crippen LogP contribution in [0.25, 0.3) is 0 Å². The van der Waals surface area contributed by atoms with Crippen LogP contribution in [0.4, 0.5) is 0 Å². The summed E-state index contributed by atoms with van der Waals surface area (Å²) in [5.74, 6) is -1.53. The molecule has 7 nitrogen and oxygen atoms in total. The Labute approximate surface area is 153 Å². The largest absolute Gasteiger partial charge is 0.451 e. The van der Waals surface area contributed by atoms with Crippen LogP contribution in [0.5, 0.6) is 0 Å². The van der Waals surface area contributed by atoms with Crippen LogP contribution in [-0.2, 0) is 20.9 Å². The number of aromatic amines is 1. The number of rotatable bonds is 8. The smallest absolute Gasteiger partial charge is 0.355 e. The summed E-state index contributed by atoms with van der Waals surface area (Å²) >= 11 is 3.22. The number of amides is 2. The van der Waals surface area contributed by atoms with E-state index >= 15 is 0 Å². The van der Waals surface area contributed by atoms with Gasteiger partial charge in [0.15, 0.2) is 6.61 Å². The molecule has 25 heavy (non-hydrogen) atoms. The molecule has 2 aromatic rings. The predicted molar refractivity (Wildman–Crippen MR) is 94.4 cm³/mol. The van der Waals surface area contributed by atoms with E-state index in [-0.39, 0.29) is 18.7 Å². The van der Waals surface area contributed by atoms with Gasteiger partial charge in [-0.1, -0.05) is 30.3 Å². The summed E-state index contributed by atoms with van der Waals surface area (Å²) < 4.78 is 5.74. The van der Waals surface area contributed by atoms with Crippen molar-refractivity contribution in [2.75, 3.05) is 13.2 Å². The van der Waals surface area contributed by atoms with Crippen LogP contribution >= 0.6 is 15.9 Å². The molecule has 132 valence electrons. The molecule has 0 saturated heterocycles. The molecule has 0 aliphatic rings. The number of nitrogens with two attached hydrogens (primary N) is 1. The molecule has 0 saturated carbocycles. The first-order valence-corrected chi connectivity index (χ1v) is 8.36. The van der Waals surface area contributed by atoms with E-state index in [9.17, 15) is 14.4 Å². The third kappa shape index (κ3) is 6.07. The van der Waals surface area contributed by atoms with Crippen molar-refractivity contribution in [3.63, 3.8) is 0 Å². The Hall–Kier alpha value is -2.61. The van der Waals surface area contributed by atoms with Gasteiger partial charge < -0.3 is 20.4 Å². The molecule has 0 radical (unpaired) electrons. The summed E-state index contributed by atoms with van der Waals surface area (Å²) in [6.45, 7) is 0.0499. The number of H-pyrrole nitrogens is 1. The maximum absolute atomic E-state index is 12.4. The van der Waals surface area contributed by atoms with Gasteiger partial charge in [-0.25, -0.2) is 4.79 Å². The van der Waals surface area contributed by atoms with Crippen LogP contribution in [0.2, 0.25) is 0 Å². The van der Waals surface area contributed by atoms with Crippen LogP contribution in [0.15, 0.2) is 47.1 Å². The quantitative estimate of drug-likeness (QED) is 0.651. The fourth-order valence-corrected chi connectivity index (χ4v) is 2.47. The summed E-state index contributed by atoms with van der Waals surface area (Å²) in [5, 5.41) is 0. The highest BCUT2D eigenvalue weighted by Crippen LogP contribution is 2.12. The molecule has 1 aromatic carbocycles. The molecule has 2 rings (SSSR count). The van der Waals surface area contributed by atoms with Crippen molar-refractivity contribution in [2.45, 2.75) is 13.0 Å². The minimum absolute atomic E-state index is 0.0378. The molecular weight excluding hydrogens is 390 g/mol. The average Bonchev–Trinajstić information content (AvgIpc) is 3.03. The van der Waals surface area contributed by atoms with Gasteiger partial charge >= 0.3 is 5.97 Å².